The minimum Gasteiger partial charge on any atom is -0.373 e. The molecule has 1 unspecified atom stereocenters. The number of rotatable bonds is 9. The van der Waals surface area contributed by atoms with Crippen LogP contribution >= 0.6 is 0 Å². The van der Waals surface area contributed by atoms with Crippen LogP contribution in [0.15, 0.2) is 46.6 Å². The summed E-state index contributed by atoms with van der Waals surface area (Å²) in [7, 11) is 1.56. The lowest BCUT2D eigenvalue weighted by molar-refractivity contribution is 0.0845. The fourth-order valence-electron chi connectivity index (χ4n) is 5.20. The van der Waals surface area contributed by atoms with Gasteiger partial charge in [-0.1, -0.05) is 6.92 Å². The van der Waals surface area contributed by atoms with Gasteiger partial charge in [0.2, 0.25) is 0 Å². The number of nitrogens with two attached hydrogens (primary N) is 1. The first-order valence-corrected chi connectivity index (χ1v) is 12.1. The standard InChI is InChI=1S/C26H32FN7O2/c1-3-23(28)26(18-4-5-18)7-9-34(25(26)36)20-6-8-31-21(13-20)24(35)32-14-16-10-17(12-19(27)11-16)22(33-29)15-30-2/h6,8,10-13,15,18,25,28,36H,3-5,7,9,14,29H2,1-2H3,(H,32,35)/t25?,26-/m0/s1. The van der Waals surface area contributed by atoms with Gasteiger partial charge in [-0.2, -0.15) is 5.10 Å². The molecule has 1 aliphatic heterocycles. The summed E-state index contributed by atoms with van der Waals surface area (Å²) in [5.74, 6) is 4.81. The Labute approximate surface area is 209 Å². The van der Waals surface area contributed by atoms with Crippen molar-refractivity contribution in [2.75, 3.05) is 18.5 Å². The summed E-state index contributed by atoms with van der Waals surface area (Å²) in [6.45, 7) is 2.63. The molecule has 1 aromatic heterocycles. The maximum atomic E-state index is 14.2. The number of pyridine rings is 1. The Balaban J connectivity index is 1.48. The van der Waals surface area contributed by atoms with E-state index < -0.39 is 23.4 Å². The molecular formula is C26H32FN7O2. The fraction of sp³-hybridized carbons (Fsp3) is 0.423. The van der Waals surface area contributed by atoms with E-state index in [1.807, 2.05) is 11.8 Å². The third kappa shape index (κ3) is 4.86. The number of nitrogens with zero attached hydrogens (tertiary/aromatic N) is 4. The molecule has 2 aliphatic rings. The van der Waals surface area contributed by atoms with Crippen LogP contribution in [0.5, 0.6) is 0 Å². The fourth-order valence-corrected chi connectivity index (χ4v) is 5.20. The number of hydrazone groups is 1. The third-order valence-electron chi connectivity index (χ3n) is 7.15. The quantitative estimate of drug-likeness (QED) is 0.242. The van der Waals surface area contributed by atoms with Crippen molar-refractivity contribution in [3.05, 3.63) is 59.2 Å². The zero-order chi connectivity index (χ0) is 25.9. The lowest BCUT2D eigenvalue weighted by Crippen LogP contribution is -2.46. The summed E-state index contributed by atoms with van der Waals surface area (Å²) in [5, 5.41) is 26.3. The van der Waals surface area contributed by atoms with Crippen LogP contribution in [0.3, 0.4) is 0 Å². The molecule has 0 bridgehead atoms. The molecular weight excluding hydrogens is 461 g/mol. The van der Waals surface area contributed by atoms with Crippen LogP contribution in [0.2, 0.25) is 0 Å². The monoisotopic (exact) mass is 493 g/mol. The van der Waals surface area contributed by atoms with Crippen LogP contribution < -0.4 is 16.1 Å². The highest BCUT2D eigenvalue weighted by Gasteiger charge is 2.57. The lowest BCUT2D eigenvalue weighted by Gasteiger charge is -2.36. The van der Waals surface area contributed by atoms with Gasteiger partial charge in [0.25, 0.3) is 5.91 Å². The van der Waals surface area contributed by atoms with Gasteiger partial charge in [-0.05, 0) is 67.5 Å². The van der Waals surface area contributed by atoms with E-state index in [0.717, 1.165) is 12.8 Å². The number of anilines is 1. The van der Waals surface area contributed by atoms with Crippen molar-refractivity contribution in [3.8, 4) is 0 Å². The SMILES string of the molecule is CCC(=N)[C@@]1(C2CC2)CCN(c2ccnc(C(=O)NCc3cc(F)cc(C(C=NC)=NN)c3)c2)C1O. The summed E-state index contributed by atoms with van der Waals surface area (Å²) in [6.07, 6.45) is 5.54. The molecule has 5 N–H and O–H groups in total. The molecule has 1 aliphatic carbocycles. The van der Waals surface area contributed by atoms with E-state index in [9.17, 15) is 14.3 Å². The van der Waals surface area contributed by atoms with Gasteiger partial charge in [0.15, 0.2) is 0 Å². The number of aliphatic hydroxyl groups is 1. The van der Waals surface area contributed by atoms with Gasteiger partial charge >= 0.3 is 0 Å². The zero-order valence-electron chi connectivity index (χ0n) is 20.5. The Kier molecular flexibility index (Phi) is 7.44. The molecule has 4 rings (SSSR count). The van der Waals surface area contributed by atoms with Gasteiger partial charge in [-0.3, -0.25) is 14.8 Å². The molecule has 1 saturated heterocycles. The third-order valence-corrected chi connectivity index (χ3v) is 7.15. The van der Waals surface area contributed by atoms with Crippen LogP contribution in [-0.2, 0) is 6.54 Å². The number of nitrogens with one attached hydrogen (secondary N) is 2. The summed E-state index contributed by atoms with van der Waals surface area (Å²) in [5.41, 5.74) is 2.24. The topological polar surface area (TPSA) is 140 Å². The Morgan fingerprint density at radius 1 is 1.39 bits per heavy atom. The predicted molar refractivity (Wildman–Crippen MR) is 138 cm³/mol. The van der Waals surface area contributed by atoms with Crippen molar-refractivity contribution < 1.29 is 14.3 Å². The Bertz CT molecular complexity index is 1210. The molecule has 1 aromatic carbocycles. The van der Waals surface area contributed by atoms with Crippen molar-refractivity contribution in [3.63, 3.8) is 0 Å². The maximum absolute atomic E-state index is 14.2. The largest absolute Gasteiger partial charge is 0.373 e. The normalized spacial score (nSPS) is 22.3. The number of aromatic nitrogens is 1. The first-order chi connectivity index (χ1) is 17.3. The predicted octanol–water partition coefficient (Wildman–Crippen LogP) is 2.87. The number of aliphatic imine (C=N–C) groups is 1. The smallest absolute Gasteiger partial charge is 0.270 e. The summed E-state index contributed by atoms with van der Waals surface area (Å²) in [4.78, 5) is 22.8. The highest BCUT2D eigenvalue weighted by atomic mass is 19.1. The molecule has 1 saturated carbocycles. The van der Waals surface area contributed by atoms with Crippen LogP contribution in [0.4, 0.5) is 10.1 Å². The first-order valence-electron chi connectivity index (χ1n) is 12.1. The highest BCUT2D eigenvalue weighted by molar-refractivity contribution is 6.38. The van der Waals surface area contributed by atoms with Gasteiger partial charge in [-0.15, -0.1) is 0 Å². The number of amides is 1. The number of benzene rings is 1. The molecule has 10 heteroatoms. The summed E-state index contributed by atoms with van der Waals surface area (Å²) < 4.78 is 14.2. The van der Waals surface area contributed by atoms with Crippen molar-refractivity contribution in [2.24, 2.45) is 27.3 Å². The molecule has 2 heterocycles. The molecule has 1 amide bonds. The molecule has 9 nitrogen and oxygen atoms in total. The van der Waals surface area contributed by atoms with Gasteiger partial charge in [0.05, 0.1) is 5.41 Å². The second-order valence-corrected chi connectivity index (χ2v) is 9.30. The van der Waals surface area contributed by atoms with Crippen LogP contribution in [-0.4, -0.2) is 53.5 Å². The second-order valence-electron chi connectivity index (χ2n) is 9.30. The summed E-state index contributed by atoms with van der Waals surface area (Å²) >= 11 is 0. The molecule has 2 atom stereocenters. The molecule has 2 fully saturated rings. The number of hydrogen-bond donors (Lipinski definition) is 4. The number of hydrogen-bond acceptors (Lipinski definition) is 8. The van der Waals surface area contributed by atoms with Gasteiger partial charge < -0.3 is 26.6 Å². The lowest BCUT2D eigenvalue weighted by atomic mass is 9.74. The molecule has 0 spiro atoms. The van der Waals surface area contributed by atoms with Crippen molar-refractivity contribution in [1.29, 1.82) is 5.41 Å². The zero-order valence-corrected chi connectivity index (χ0v) is 20.5. The summed E-state index contributed by atoms with van der Waals surface area (Å²) in [6, 6.07) is 7.71. The van der Waals surface area contributed by atoms with E-state index in [4.69, 9.17) is 11.3 Å². The van der Waals surface area contributed by atoms with Crippen molar-refractivity contribution in [2.45, 2.75) is 45.4 Å². The Hall–Kier alpha value is -3.66. The molecule has 2 aromatic rings. The average Bonchev–Trinajstić information content (AvgIpc) is 3.68. The number of carbonyl (C=O) groups excluding carboxylic acids is 1. The van der Waals surface area contributed by atoms with Crippen LogP contribution in [0, 0.1) is 22.6 Å². The van der Waals surface area contributed by atoms with E-state index in [-0.39, 0.29) is 12.2 Å². The average molecular weight is 494 g/mol. The molecule has 190 valence electrons. The number of aliphatic hydroxyl groups excluding tert-OH is 1. The van der Waals surface area contributed by atoms with E-state index in [0.29, 0.717) is 53.5 Å². The van der Waals surface area contributed by atoms with E-state index in [1.165, 1.54) is 24.5 Å². The van der Waals surface area contributed by atoms with E-state index in [1.54, 1.807) is 25.2 Å². The number of carbonyl (C=O) groups is 1. The van der Waals surface area contributed by atoms with Crippen molar-refractivity contribution >= 4 is 29.2 Å². The van der Waals surface area contributed by atoms with Crippen LogP contribution in [0.25, 0.3) is 0 Å². The maximum Gasteiger partial charge on any atom is 0.270 e. The molecule has 36 heavy (non-hydrogen) atoms. The Morgan fingerprint density at radius 3 is 2.83 bits per heavy atom. The van der Waals surface area contributed by atoms with E-state index >= 15 is 0 Å². The molecule has 0 radical (unpaired) electrons. The highest BCUT2D eigenvalue weighted by Crippen LogP contribution is 2.55. The van der Waals surface area contributed by atoms with Crippen molar-refractivity contribution in [1.82, 2.24) is 10.3 Å². The van der Waals surface area contributed by atoms with E-state index in [2.05, 4.69) is 20.4 Å². The first kappa shape index (κ1) is 25.4. The van der Waals surface area contributed by atoms with Gasteiger partial charge in [0, 0.05) is 49.5 Å². The van der Waals surface area contributed by atoms with Gasteiger partial charge in [-0.25, -0.2) is 4.39 Å². The number of halogens is 1. The minimum absolute atomic E-state index is 0.0708. The minimum atomic E-state index is -0.813. The second kappa shape index (κ2) is 10.5. The van der Waals surface area contributed by atoms with Crippen LogP contribution in [0.1, 0.15) is 54.2 Å². The Morgan fingerprint density at radius 2 is 2.17 bits per heavy atom. The van der Waals surface area contributed by atoms with Gasteiger partial charge in [0.1, 0.15) is 23.5 Å².